The van der Waals surface area contributed by atoms with E-state index in [0.29, 0.717) is 28.8 Å². The quantitative estimate of drug-likeness (QED) is 0.731. The number of fused-ring (bicyclic) bond motifs is 1. The van der Waals surface area contributed by atoms with Crippen LogP contribution in [0.2, 0.25) is 0 Å². The van der Waals surface area contributed by atoms with Crippen molar-refractivity contribution < 1.29 is 14.2 Å². The Morgan fingerprint density at radius 2 is 2.07 bits per heavy atom. The molecule has 0 aliphatic carbocycles. The molecule has 0 unspecified atom stereocenters. The highest BCUT2D eigenvalue weighted by Crippen LogP contribution is 2.37. The zero-order valence-electron chi connectivity index (χ0n) is 15.5. The molecule has 27 heavy (non-hydrogen) atoms. The summed E-state index contributed by atoms with van der Waals surface area (Å²) in [6.07, 6.45) is 4.12. The predicted molar refractivity (Wildman–Crippen MR) is 101 cm³/mol. The fraction of sp³-hybridized carbons (Fsp3) is 0.350. The molecule has 140 valence electrons. The van der Waals surface area contributed by atoms with E-state index < -0.39 is 5.82 Å². The van der Waals surface area contributed by atoms with Gasteiger partial charge in [0.1, 0.15) is 17.3 Å². The molecule has 1 aliphatic heterocycles. The van der Waals surface area contributed by atoms with Crippen LogP contribution in [0.4, 0.5) is 10.2 Å². The van der Waals surface area contributed by atoms with Crippen LogP contribution in [0.3, 0.4) is 0 Å². The standard InChI is InChI=1S/C20H21FN4O2/c1-11-6-15(21)17(16(26)7-11)18-13-4-5-22-9-14(13)19(25-24-18)23-12-8-20(2,3)27-10-12/h4-7,9,12,26H,8,10H2,1-3H3,(H,23,25)/t12-/m0/s1. The van der Waals surface area contributed by atoms with Crippen LogP contribution in [0.5, 0.6) is 5.75 Å². The monoisotopic (exact) mass is 368 g/mol. The van der Waals surface area contributed by atoms with Gasteiger partial charge in [0.2, 0.25) is 0 Å². The van der Waals surface area contributed by atoms with Gasteiger partial charge in [-0.3, -0.25) is 4.98 Å². The van der Waals surface area contributed by atoms with E-state index in [-0.39, 0.29) is 28.6 Å². The molecular weight excluding hydrogens is 347 g/mol. The fourth-order valence-corrected chi connectivity index (χ4v) is 3.57. The fourth-order valence-electron chi connectivity index (χ4n) is 3.57. The summed E-state index contributed by atoms with van der Waals surface area (Å²) in [5.41, 5.74) is 0.780. The number of nitrogens with zero attached hydrogens (tertiary/aromatic N) is 3. The first-order valence-corrected chi connectivity index (χ1v) is 8.84. The number of aromatic nitrogens is 3. The summed E-state index contributed by atoms with van der Waals surface area (Å²) >= 11 is 0. The second-order valence-electron chi connectivity index (χ2n) is 7.58. The lowest BCUT2D eigenvalue weighted by atomic mass is 10.0. The number of halogens is 1. The first-order chi connectivity index (χ1) is 12.8. The van der Waals surface area contributed by atoms with Crippen molar-refractivity contribution in [1.29, 1.82) is 0 Å². The van der Waals surface area contributed by atoms with Crippen LogP contribution < -0.4 is 5.32 Å². The van der Waals surface area contributed by atoms with E-state index in [1.165, 1.54) is 12.1 Å². The number of phenols is 1. The Labute approximate surface area is 156 Å². The average molecular weight is 368 g/mol. The summed E-state index contributed by atoms with van der Waals surface area (Å²) in [6.45, 7) is 6.39. The van der Waals surface area contributed by atoms with Crippen molar-refractivity contribution in [3.63, 3.8) is 0 Å². The van der Waals surface area contributed by atoms with Crippen LogP contribution in [0.15, 0.2) is 30.6 Å². The Morgan fingerprint density at radius 3 is 2.78 bits per heavy atom. The van der Waals surface area contributed by atoms with Crippen molar-refractivity contribution >= 4 is 16.6 Å². The van der Waals surface area contributed by atoms with Crippen molar-refractivity contribution in [2.24, 2.45) is 0 Å². The van der Waals surface area contributed by atoms with Crippen LogP contribution in [-0.2, 0) is 4.74 Å². The van der Waals surface area contributed by atoms with Gasteiger partial charge in [-0.1, -0.05) is 0 Å². The molecule has 7 heteroatoms. The minimum atomic E-state index is -0.536. The van der Waals surface area contributed by atoms with Crippen LogP contribution in [0.25, 0.3) is 22.0 Å². The molecule has 2 aromatic heterocycles. The lowest BCUT2D eigenvalue weighted by Gasteiger charge is -2.17. The van der Waals surface area contributed by atoms with Gasteiger partial charge in [-0.15, -0.1) is 10.2 Å². The van der Waals surface area contributed by atoms with Crippen molar-refractivity contribution in [2.45, 2.75) is 38.8 Å². The Balaban J connectivity index is 1.80. The normalized spacial score (nSPS) is 18.7. The average Bonchev–Trinajstić information content (AvgIpc) is 2.94. The summed E-state index contributed by atoms with van der Waals surface area (Å²) in [7, 11) is 0. The van der Waals surface area contributed by atoms with Gasteiger partial charge in [-0.25, -0.2) is 4.39 Å². The maximum Gasteiger partial charge on any atom is 0.158 e. The van der Waals surface area contributed by atoms with Gasteiger partial charge in [-0.05, 0) is 51.0 Å². The number of aryl methyl sites for hydroxylation is 1. The topological polar surface area (TPSA) is 80.2 Å². The SMILES string of the molecule is Cc1cc(O)c(-c2nnc(N[C@@H]3COC(C)(C)C3)c3cnccc23)c(F)c1. The summed E-state index contributed by atoms with van der Waals surface area (Å²) < 4.78 is 20.3. The highest BCUT2D eigenvalue weighted by Gasteiger charge is 2.32. The molecule has 3 heterocycles. The van der Waals surface area contributed by atoms with E-state index in [2.05, 4.69) is 20.5 Å². The lowest BCUT2D eigenvalue weighted by Crippen LogP contribution is -2.23. The molecule has 1 saturated heterocycles. The van der Waals surface area contributed by atoms with E-state index in [4.69, 9.17) is 4.74 Å². The molecule has 2 N–H and O–H groups in total. The molecule has 0 bridgehead atoms. The number of hydrogen-bond donors (Lipinski definition) is 2. The number of pyridine rings is 1. The molecule has 3 aromatic rings. The van der Waals surface area contributed by atoms with Crippen molar-refractivity contribution in [3.8, 4) is 17.0 Å². The molecule has 1 atom stereocenters. The molecule has 1 aliphatic rings. The first kappa shape index (κ1) is 17.6. The van der Waals surface area contributed by atoms with Crippen molar-refractivity contribution in [2.75, 3.05) is 11.9 Å². The number of benzene rings is 1. The first-order valence-electron chi connectivity index (χ1n) is 8.84. The van der Waals surface area contributed by atoms with E-state index in [1.54, 1.807) is 25.4 Å². The van der Waals surface area contributed by atoms with Gasteiger partial charge >= 0.3 is 0 Å². The third-order valence-corrected chi connectivity index (χ3v) is 4.79. The number of hydrogen-bond acceptors (Lipinski definition) is 6. The highest BCUT2D eigenvalue weighted by atomic mass is 19.1. The van der Waals surface area contributed by atoms with Crippen molar-refractivity contribution in [3.05, 3.63) is 42.0 Å². The molecule has 0 spiro atoms. The smallest absolute Gasteiger partial charge is 0.158 e. The highest BCUT2D eigenvalue weighted by molar-refractivity contribution is 6.00. The Kier molecular flexibility index (Phi) is 4.19. The minimum absolute atomic E-state index is 0.0428. The lowest BCUT2D eigenvalue weighted by molar-refractivity contribution is 0.0363. The van der Waals surface area contributed by atoms with E-state index in [0.717, 1.165) is 6.42 Å². The van der Waals surface area contributed by atoms with Gasteiger partial charge in [0.15, 0.2) is 5.82 Å². The van der Waals surface area contributed by atoms with Gasteiger partial charge in [0.05, 0.1) is 23.8 Å². The van der Waals surface area contributed by atoms with Gasteiger partial charge in [0, 0.05) is 23.2 Å². The zero-order chi connectivity index (χ0) is 19.2. The van der Waals surface area contributed by atoms with Gasteiger partial charge in [0.25, 0.3) is 0 Å². The van der Waals surface area contributed by atoms with Gasteiger partial charge in [-0.2, -0.15) is 0 Å². The number of aromatic hydroxyl groups is 1. The zero-order valence-corrected chi connectivity index (χ0v) is 15.5. The number of nitrogens with one attached hydrogen (secondary N) is 1. The number of ether oxygens (including phenoxy) is 1. The largest absolute Gasteiger partial charge is 0.507 e. The molecule has 0 amide bonds. The summed E-state index contributed by atoms with van der Waals surface area (Å²) in [6, 6.07) is 4.73. The summed E-state index contributed by atoms with van der Waals surface area (Å²) in [5, 5.41) is 23.5. The minimum Gasteiger partial charge on any atom is -0.507 e. The third kappa shape index (κ3) is 3.30. The second kappa shape index (κ2) is 6.42. The molecule has 1 fully saturated rings. The molecular formula is C20H21FN4O2. The molecule has 6 nitrogen and oxygen atoms in total. The van der Waals surface area contributed by atoms with Gasteiger partial charge < -0.3 is 15.2 Å². The third-order valence-electron chi connectivity index (χ3n) is 4.79. The Morgan fingerprint density at radius 1 is 1.26 bits per heavy atom. The van der Waals surface area contributed by atoms with Crippen molar-refractivity contribution in [1.82, 2.24) is 15.2 Å². The van der Waals surface area contributed by atoms with Crippen LogP contribution in [-0.4, -0.2) is 38.5 Å². The van der Waals surface area contributed by atoms with E-state index in [1.807, 2.05) is 13.8 Å². The molecule has 0 radical (unpaired) electrons. The molecule has 4 rings (SSSR count). The van der Waals surface area contributed by atoms with E-state index >= 15 is 0 Å². The molecule has 0 saturated carbocycles. The van der Waals surface area contributed by atoms with Crippen LogP contribution in [0, 0.1) is 12.7 Å². The summed E-state index contributed by atoms with van der Waals surface area (Å²) in [5.74, 6) is -0.127. The summed E-state index contributed by atoms with van der Waals surface area (Å²) in [4.78, 5) is 4.18. The number of anilines is 1. The number of rotatable bonds is 3. The maximum absolute atomic E-state index is 14.6. The van der Waals surface area contributed by atoms with E-state index in [9.17, 15) is 9.50 Å². The van der Waals surface area contributed by atoms with Crippen LogP contribution in [0.1, 0.15) is 25.8 Å². The molecule has 1 aromatic carbocycles. The maximum atomic E-state index is 14.6. The van der Waals surface area contributed by atoms with Crippen LogP contribution >= 0.6 is 0 Å². The Bertz CT molecular complexity index is 999. The second-order valence-corrected chi connectivity index (χ2v) is 7.58. The Hall–Kier alpha value is -2.80. The number of phenolic OH excluding ortho intramolecular Hbond substituents is 1. The predicted octanol–water partition coefficient (Wildman–Crippen LogP) is 3.82.